The van der Waals surface area contributed by atoms with Crippen LogP contribution in [-0.2, 0) is 9.53 Å². The molecule has 2 aromatic rings. The number of fused-ring (bicyclic) bond motifs is 1. The van der Waals surface area contributed by atoms with E-state index in [1.807, 2.05) is 5.32 Å². The average Bonchev–Trinajstić information content (AvgIpc) is 2.50. The van der Waals surface area contributed by atoms with Crippen LogP contribution >= 0.6 is 0 Å². The van der Waals surface area contributed by atoms with Gasteiger partial charge in [-0.25, -0.2) is 9.59 Å². The Bertz CT molecular complexity index is 760. The van der Waals surface area contributed by atoms with Crippen LogP contribution in [0.2, 0.25) is 0 Å². The van der Waals surface area contributed by atoms with Crippen molar-refractivity contribution in [2.45, 2.75) is 20.0 Å². The molecule has 0 bridgehead atoms. The molecule has 8 nitrogen and oxygen atoms in total. The number of carbonyl (C=O) groups excluding carboxylic acids is 3. The number of hydrogen-bond donors (Lipinski definition) is 2. The molecular weight excluding hydrogens is 300 g/mol. The van der Waals surface area contributed by atoms with Crippen LogP contribution in [0.4, 0.5) is 4.79 Å². The van der Waals surface area contributed by atoms with E-state index >= 15 is 0 Å². The zero-order valence-corrected chi connectivity index (χ0v) is 12.6. The second-order valence-corrected chi connectivity index (χ2v) is 5.18. The maximum absolute atomic E-state index is 12.2. The summed E-state index contributed by atoms with van der Waals surface area (Å²) in [7, 11) is 0. The monoisotopic (exact) mass is 316 g/mol. The van der Waals surface area contributed by atoms with Crippen LogP contribution in [0.5, 0.6) is 0 Å². The van der Waals surface area contributed by atoms with E-state index in [4.69, 9.17) is 10.5 Å². The number of amides is 3. The summed E-state index contributed by atoms with van der Waals surface area (Å²) in [5, 5.41) is 1.91. The first-order valence-electron chi connectivity index (χ1n) is 6.90. The fourth-order valence-corrected chi connectivity index (χ4v) is 1.96. The molecular formula is C15H16N4O4. The number of hydrogen-bond acceptors (Lipinski definition) is 6. The van der Waals surface area contributed by atoms with Gasteiger partial charge in [0.15, 0.2) is 6.10 Å². The second-order valence-electron chi connectivity index (χ2n) is 5.18. The van der Waals surface area contributed by atoms with Gasteiger partial charge >= 0.3 is 12.0 Å². The van der Waals surface area contributed by atoms with Gasteiger partial charge in [0.05, 0.1) is 16.6 Å². The fraction of sp³-hybridized carbons (Fsp3) is 0.267. The largest absolute Gasteiger partial charge is 0.448 e. The van der Waals surface area contributed by atoms with Crippen molar-refractivity contribution in [3.63, 3.8) is 0 Å². The number of rotatable bonds is 4. The zero-order chi connectivity index (χ0) is 17.0. The van der Waals surface area contributed by atoms with Crippen molar-refractivity contribution in [1.29, 1.82) is 0 Å². The Morgan fingerprint density at radius 2 is 1.78 bits per heavy atom. The maximum atomic E-state index is 12.2. The number of nitrogens with two attached hydrogens (primary N) is 1. The van der Waals surface area contributed by atoms with Gasteiger partial charge in [-0.3, -0.25) is 20.1 Å². The minimum Gasteiger partial charge on any atom is -0.448 e. The van der Waals surface area contributed by atoms with Gasteiger partial charge in [-0.1, -0.05) is 13.8 Å². The van der Waals surface area contributed by atoms with Crippen LogP contribution in [0.25, 0.3) is 11.0 Å². The number of urea groups is 1. The quantitative estimate of drug-likeness (QED) is 0.811. The third-order valence-electron chi connectivity index (χ3n) is 3.05. The van der Waals surface area contributed by atoms with Gasteiger partial charge in [0.1, 0.15) is 0 Å². The summed E-state index contributed by atoms with van der Waals surface area (Å²) in [6, 6.07) is 3.68. The van der Waals surface area contributed by atoms with Crippen LogP contribution in [0.3, 0.4) is 0 Å². The molecule has 0 aliphatic carbocycles. The highest BCUT2D eigenvalue weighted by molar-refractivity contribution is 5.99. The van der Waals surface area contributed by atoms with Crippen LogP contribution in [-0.4, -0.2) is 34.0 Å². The molecule has 0 saturated carbocycles. The molecule has 120 valence electrons. The summed E-state index contributed by atoms with van der Waals surface area (Å²) in [5.74, 6) is -1.80. The number of nitrogens with one attached hydrogen (secondary N) is 1. The van der Waals surface area contributed by atoms with E-state index in [9.17, 15) is 14.4 Å². The standard InChI is InChI=1S/C15H16N4O4/c1-8(2)12(13(20)19-15(16)22)23-14(21)9-3-4-10-11(7-9)18-6-5-17-10/h3-8,12H,1-2H3,(H3,16,19,20,22)/t12-/m0/s1. The number of esters is 1. The number of benzene rings is 1. The molecule has 0 aliphatic rings. The molecule has 0 fully saturated rings. The van der Waals surface area contributed by atoms with Crippen molar-refractivity contribution in [3.8, 4) is 0 Å². The molecule has 0 radical (unpaired) electrons. The molecule has 2 rings (SSSR count). The topological polar surface area (TPSA) is 124 Å². The lowest BCUT2D eigenvalue weighted by Gasteiger charge is -2.19. The van der Waals surface area contributed by atoms with Crippen molar-refractivity contribution in [2.24, 2.45) is 11.7 Å². The second kappa shape index (κ2) is 6.82. The van der Waals surface area contributed by atoms with Crippen LogP contribution in [0, 0.1) is 5.92 Å². The van der Waals surface area contributed by atoms with Gasteiger partial charge in [-0.15, -0.1) is 0 Å². The van der Waals surface area contributed by atoms with Gasteiger partial charge < -0.3 is 10.5 Å². The van der Waals surface area contributed by atoms with E-state index in [1.165, 1.54) is 18.3 Å². The predicted molar refractivity (Wildman–Crippen MR) is 81.3 cm³/mol. The van der Waals surface area contributed by atoms with E-state index in [-0.39, 0.29) is 11.5 Å². The number of aromatic nitrogens is 2. The Morgan fingerprint density at radius 1 is 1.13 bits per heavy atom. The minimum absolute atomic E-state index is 0.232. The van der Waals surface area contributed by atoms with Gasteiger partial charge in [0.2, 0.25) is 0 Å². The van der Waals surface area contributed by atoms with E-state index in [0.717, 1.165) is 0 Å². The zero-order valence-electron chi connectivity index (χ0n) is 12.6. The summed E-state index contributed by atoms with van der Waals surface area (Å²) >= 11 is 0. The van der Waals surface area contributed by atoms with Gasteiger partial charge in [-0.2, -0.15) is 0 Å². The molecule has 0 saturated heterocycles. The summed E-state index contributed by atoms with van der Waals surface area (Å²) in [6.45, 7) is 3.37. The Hall–Kier alpha value is -3.03. The Balaban J connectivity index is 2.19. The SMILES string of the molecule is CC(C)[C@H](OC(=O)c1ccc2nccnc2c1)C(=O)NC(N)=O. The lowest BCUT2D eigenvalue weighted by atomic mass is 10.1. The molecule has 3 amide bonds. The first-order chi connectivity index (χ1) is 10.9. The molecule has 0 unspecified atom stereocenters. The minimum atomic E-state index is -1.13. The van der Waals surface area contributed by atoms with Gasteiger partial charge in [-0.05, 0) is 24.1 Å². The Kier molecular flexibility index (Phi) is 4.85. The van der Waals surface area contributed by atoms with Gasteiger partial charge in [0.25, 0.3) is 5.91 Å². The predicted octanol–water partition coefficient (Wildman–Crippen LogP) is 1.01. The van der Waals surface area contributed by atoms with Crippen molar-refractivity contribution >= 4 is 28.9 Å². The normalized spacial score (nSPS) is 12.0. The molecule has 23 heavy (non-hydrogen) atoms. The Labute approximate surface area is 132 Å². The van der Waals surface area contributed by atoms with E-state index < -0.39 is 24.0 Å². The lowest BCUT2D eigenvalue weighted by Crippen LogP contribution is -2.45. The number of primary amides is 1. The fourth-order valence-electron chi connectivity index (χ4n) is 1.96. The smallest absolute Gasteiger partial charge is 0.339 e. The van der Waals surface area contributed by atoms with E-state index in [2.05, 4.69) is 9.97 Å². The Morgan fingerprint density at radius 3 is 2.39 bits per heavy atom. The molecule has 8 heteroatoms. The third-order valence-corrected chi connectivity index (χ3v) is 3.05. The lowest BCUT2D eigenvalue weighted by molar-refractivity contribution is -0.130. The van der Waals surface area contributed by atoms with Crippen molar-refractivity contribution in [2.75, 3.05) is 0 Å². The highest BCUT2D eigenvalue weighted by Crippen LogP contribution is 2.15. The molecule has 1 aromatic heterocycles. The third kappa shape index (κ3) is 4.00. The van der Waals surface area contributed by atoms with Crippen molar-refractivity contribution in [3.05, 3.63) is 36.2 Å². The van der Waals surface area contributed by atoms with Crippen LogP contribution in [0.15, 0.2) is 30.6 Å². The molecule has 0 spiro atoms. The van der Waals surface area contributed by atoms with Crippen LogP contribution < -0.4 is 11.1 Å². The first kappa shape index (κ1) is 16.3. The molecule has 1 atom stereocenters. The summed E-state index contributed by atoms with van der Waals surface area (Å²) in [5.41, 5.74) is 6.31. The van der Waals surface area contributed by atoms with Crippen molar-refractivity contribution < 1.29 is 19.1 Å². The first-order valence-corrected chi connectivity index (χ1v) is 6.90. The van der Waals surface area contributed by atoms with Gasteiger partial charge in [0, 0.05) is 12.4 Å². The highest BCUT2D eigenvalue weighted by Gasteiger charge is 2.28. The number of ether oxygens (including phenoxy) is 1. The number of imide groups is 1. The molecule has 1 heterocycles. The summed E-state index contributed by atoms with van der Waals surface area (Å²) in [4.78, 5) is 43.1. The summed E-state index contributed by atoms with van der Waals surface area (Å²) in [6.07, 6.45) is 1.92. The molecule has 3 N–H and O–H groups in total. The number of nitrogens with zero attached hydrogens (tertiary/aromatic N) is 2. The van der Waals surface area contributed by atoms with E-state index in [0.29, 0.717) is 11.0 Å². The van der Waals surface area contributed by atoms with Crippen molar-refractivity contribution in [1.82, 2.24) is 15.3 Å². The summed E-state index contributed by atoms with van der Waals surface area (Å²) < 4.78 is 5.20. The molecule has 0 aliphatic heterocycles. The van der Waals surface area contributed by atoms with E-state index in [1.54, 1.807) is 26.1 Å². The maximum Gasteiger partial charge on any atom is 0.339 e. The average molecular weight is 316 g/mol. The van der Waals surface area contributed by atoms with Crippen LogP contribution in [0.1, 0.15) is 24.2 Å². The highest BCUT2D eigenvalue weighted by atomic mass is 16.5. The number of carbonyl (C=O) groups is 3. The molecule has 1 aromatic carbocycles.